The molecule has 1 aliphatic heterocycles. The third kappa shape index (κ3) is 4.18. The van der Waals surface area contributed by atoms with E-state index in [4.69, 9.17) is 19.6 Å². The molecule has 162 valence electrons. The molecule has 0 radical (unpaired) electrons. The van der Waals surface area contributed by atoms with E-state index in [2.05, 4.69) is 19.2 Å². The first-order valence-corrected chi connectivity index (χ1v) is 10.4. The van der Waals surface area contributed by atoms with E-state index in [0.717, 1.165) is 29.8 Å². The van der Waals surface area contributed by atoms with Crippen LogP contribution in [0.1, 0.15) is 60.8 Å². The zero-order chi connectivity index (χ0) is 21.7. The average molecular weight is 415 g/mol. The van der Waals surface area contributed by atoms with Crippen molar-refractivity contribution >= 4 is 17.3 Å². The molecule has 0 atom stereocenters. The lowest BCUT2D eigenvalue weighted by Crippen LogP contribution is -2.30. The number of fused-ring (bicyclic) bond motifs is 1. The van der Waals surface area contributed by atoms with E-state index >= 15 is 0 Å². The number of methoxy groups -OCH3 is 2. The Hall–Kier alpha value is -2.87. The fourth-order valence-corrected chi connectivity index (χ4v) is 3.74. The molecule has 0 fully saturated rings. The SMILES string of the molecule is CCC(CC)c1nn(CCCO)c2c1N=C(c1ccc(OC)c(OC)c1)CNC2=O. The molecule has 0 spiro atoms. The molecule has 1 aromatic heterocycles. The number of amides is 1. The molecule has 0 bridgehead atoms. The Morgan fingerprint density at radius 3 is 2.57 bits per heavy atom. The summed E-state index contributed by atoms with van der Waals surface area (Å²) in [6.07, 6.45) is 2.33. The maximum atomic E-state index is 13.0. The number of aliphatic hydroxyl groups is 1. The lowest BCUT2D eigenvalue weighted by atomic mass is 9.98. The first-order chi connectivity index (χ1) is 14.6. The van der Waals surface area contributed by atoms with Gasteiger partial charge >= 0.3 is 0 Å². The predicted molar refractivity (Wildman–Crippen MR) is 115 cm³/mol. The summed E-state index contributed by atoms with van der Waals surface area (Å²) in [7, 11) is 3.18. The predicted octanol–water partition coefficient (Wildman–Crippen LogP) is 3.05. The van der Waals surface area contributed by atoms with Crippen LogP contribution < -0.4 is 14.8 Å². The van der Waals surface area contributed by atoms with E-state index in [9.17, 15) is 9.90 Å². The van der Waals surface area contributed by atoms with Crippen molar-refractivity contribution in [2.24, 2.45) is 4.99 Å². The summed E-state index contributed by atoms with van der Waals surface area (Å²) in [5, 5.41) is 17.0. The van der Waals surface area contributed by atoms with Crippen LogP contribution in [0.5, 0.6) is 11.5 Å². The largest absolute Gasteiger partial charge is 0.493 e. The Morgan fingerprint density at radius 1 is 1.20 bits per heavy atom. The number of carbonyl (C=O) groups excluding carboxylic acids is 1. The van der Waals surface area contributed by atoms with Gasteiger partial charge in [0.2, 0.25) is 0 Å². The number of nitrogens with zero attached hydrogens (tertiary/aromatic N) is 3. The van der Waals surface area contributed by atoms with Crippen molar-refractivity contribution in [3.63, 3.8) is 0 Å². The number of benzene rings is 1. The maximum absolute atomic E-state index is 13.0. The van der Waals surface area contributed by atoms with Crippen LogP contribution in [0.4, 0.5) is 5.69 Å². The number of hydrogen-bond acceptors (Lipinski definition) is 6. The van der Waals surface area contributed by atoms with Gasteiger partial charge in [0.05, 0.1) is 32.2 Å². The minimum absolute atomic E-state index is 0.0384. The molecular formula is C22H30N4O4. The normalized spacial score (nSPS) is 13.5. The van der Waals surface area contributed by atoms with Crippen LogP contribution in [0, 0.1) is 0 Å². The molecule has 8 nitrogen and oxygen atoms in total. The highest BCUT2D eigenvalue weighted by Crippen LogP contribution is 2.36. The van der Waals surface area contributed by atoms with Gasteiger partial charge in [-0.3, -0.25) is 9.48 Å². The molecule has 1 amide bonds. The van der Waals surface area contributed by atoms with E-state index in [1.165, 1.54) is 0 Å². The number of nitrogens with one attached hydrogen (secondary N) is 1. The topological polar surface area (TPSA) is 98.0 Å². The van der Waals surface area contributed by atoms with E-state index in [1.807, 2.05) is 18.2 Å². The van der Waals surface area contributed by atoms with Gasteiger partial charge in [-0.2, -0.15) is 5.10 Å². The molecule has 1 aliphatic rings. The van der Waals surface area contributed by atoms with Gasteiger partial charge < -0.3 is 19.9 Å². The van der Waals surface area contributed by atoms with Crippen molar-refractivity contribution < 1.29 is 19.4 Å². The number of aliphatic hydroxyl groups excluding tert-OH is 1. The van der Waals surface area contributed by atoms with Crippen molar-refractivity contribution in [2.75, 3.05) is 27.4 Å². The molecule has 0 saturated heterocycles. The van der Waals surface area contributed by atoms with Crippen molar-refractivity contribution in [1.29, 1.82) is 0 Å². The number of aromatic nitrogens is 2. The van der Waals surface area contributed by atoms with E-state index in [0.29, 0.717) is 42.4 Å². The molecule has 2 aromatic rings. The first-order valence-electron chi connectivity index (χ1n) is 10.4. The molecule has 0 aliphatic carbocycles. The summed E-state index contributed by atoms with van der Waals surface area (Å²) in [6.45, 7) is 5.03. The van der Waals surface area contributed by atoms with Gasteiger partial charge in [-0.1, -0.05) is 13.8 Å². The number of hydrogen-bond donors (Lipinski definition) is 2. The van der Waals surface area contributed by atoms with Gasteiger partial charge in [0.15, 0.2) is 17.2 Å². The Kier molecular flexibility index (Phi) is 7.10. The van der Waals surface area contributed by atoms with Gasteiger partial charge in [-0.15, -0.1) is 0 Å². The Morgan fingerprint density at radius 2 is 1.93 bits per heavy atom. The van der Waals surface area contributed by atoms with Gasteiger partial charge in [0.25, 0.3) is 5.91 Å². The highest BCUT2D eigenvalue weighted by molar-refractivity contribution is 6.10. The summed E-state index contributed by atoms with van der Waals surface area (Å²) in [4.78, 5) is 17.9. The molecular weight excluding hydrogens is 384 g/mol. The van der Waals surface area contributed by atoms with Gasteiger partial charge in [-0.25, -0.2) is 4.99 Å². The van der Waals surface area contributed by atoms with Crippen molar-refractivity contribution in [3.8, 4) is 11.5 Å². The molecule has 0 saturated carbocycles. The second kappa shape index (κ2) is 9.75. The van der Waals surface area contributed by atoms with Gasteiger partial charge in [0, 0.05) is 24.6 Å². The summed E-state index contributed by atoms with van der Waals surface area (Å²) in [6, 6.07) is 5.60. The molecule has 2 heterocycles. The second-order valence-corrected chi connectivity index (χ2v) is 7.21. The summed E-state index contributed by atoms with van der Waals surface area (Å²) >= 11 is 0. The molecule has 3 rings (SSSR count). The number of aliphatic imine (C=N–C) groups is 1. The van der Waals surface area contributed by atoms with E-state index in [1.54, 1.807) is 18.9 Å². The average Bonchev–Trinajstić information content (AvgIpc) is 3.03. The maximum Gasteiger partial charge on any atom is 0.272 e. The van der Waals surface area contributed by atoms with Gasteiger partial charge in [-0.05, 0) is 37.5 Å². The lowest BCUT2D eigenvalue weighted by Gasteiger charge is -2.12. The summed E-state index contributed by atoms with van der Waals surface area (Å²) in [5.74, 6) is 1.24. The van der Waals surface area contributed by atoms with Gasteiger partial charge in [0.1, 0.15) is 5.69 Å². The number of ether oxygens (including phenoxy) is 2. The number of rotatable bonds is 9. The number of aryl methyl sites for hydroxylation is 1. The summed E-state index contributed by atoms with van der Waals surface area (Å²) in [5.41, 5.74) is 3.50. The monoisotopic (exact) mass is 414 g/mol. The Balaban J connectivity index is 2.15. The zero-order valence-electron chi connectivity index (χ0n) is 18.1. The minimum Gasteiger partial charge on any atom is -0.493 e. The second-order valence-electron chi connectivity index (χ2n) is 7.21. The zero-order valence-corrected chi connectivity index (χ0v) is 18.1. The van der Waals surface area contributed by atoms with E-state index < -0.39 is 0 Å². The first kappa shape index (κ1) is 21.8. The minimum atomic E-state index is -0.202. The summed E-state index contributed by atoms with van der Waals surface area (Å²) < 4.78 is 12.4. The molecule has 8 heteroatoms. The molecule has 1 aromatic carbocycles. The quantitative estimate of drug-likeness (QED) is 0.657. The Bertz CT molecular complexity index is 931. The van der Waals surface area contributed by atoms with E-state index in [-0.39, 0.29) is 18.4 Å². The fraction of sp³-hybridized carbons (Fsp3) is 0.500. The highest BCUT2D eigenvalue weighted by atomic mass is 16.5. The lowest BCUT2D eigenvalue weighted by molar-refractivity contribution is 0.0949. The highest BCUT2D eigenvalue weighted by Gasteiger charge is 2.29. The van der Waals surface area contributed by atoms with Crippen LogP contribution in [-0.4, -0.2) is 53.9 Å². The van der Waals surface area contributed by atoms with Crippen LogP contribution in [-0.2, 0) is 6.54 Å². The number of carbonyl (C=O) groups is 1. The molecule has 30 heavy (non-hydrogen) atoms. The van der Waals surface area contributed by atoms with Crippen LogP contribution in [0.25, 0.3) is 0 Å². The van der Waals surface area contributed by atoms with Crippen LogP contribution in [0.3, 0.4) is 0 Å². The van der Waals surface area contributed by atoms with Crippen molar-refractivity contribution in [2.45, 2.75) is 45.6 Å². The van der Waals surface area contributed by atoms with Crippen molar-refractivity contribution in [1.82, 2.24) is 15.1 Å². The molecule has 0 unspecified atom stereocenters. The fourth-order valence-electron chi connectivity index (χ4n) is 3.74. The van der Waals surface area contributed by atoms with Crippen LogP contribution >= 0.6 is 0 Å². The van der Waals surface area contributed by atoms with Crippen LogP contribution in [0.15, 0.2) is 23.2 Å². The van der Waals surface area contributed by atoms with Crippen molar-refractivity contribution in [3.05, 3.63) is 35.2 Å². The smallest absolute Gasteiger partial charge is 0.272 e. The third-order valence-corrected chi connectivity index (χ3v) is 5.45. The Labute approximate surface area is 176 Å². The molecule has 2 N–H and O–H groups in total. The third-order valence-electron chi connectivity index (χ3n) is 5.45. The van der Waals surface area contributed by atoms with Crippen LogP contribution in [0.2, 0.25) is 0 Å². The standard InChI is InChI=1S/C22H30N4O4/c1-5-14(6-2)19-20-21(26(25-19)10-7-11-27)22(28)23-13-16(24-20)15-8-9-17(29-3)18(12-15)30-4/h8-9,12,14,27H,5-7,10-11,13H2,1-4H3,(H,23,28).